The van der Waals surface area contributed by atoms with Crippen molar-refractivity contribution < 1.29 is 4.79 Å². The molecular formula is C15H13BrN2O. The van der Waals surface area contributed by atoms with E-state index in [-0.39, 0.29) is 5.91 Å². The number of carbonyl (C=O) groups is 1. The second-order valence-electron chi connectivity index (χ2n) is 4.12. The van der Waals surface area contributed by atoms with Gasteiger partial charge in [-0.15, -0.1) is 0 Å². The lowest BCUT2D eigenvalue weighted by Crippen LogP contribution is -2.17. The summed E-state index contributed by atoms with van der Waals surface area (Å²) in [6.07, 6.45) is 1.61. The first-order chi connectivity index (χ1) is 9.15. The first-order valence-electron chi connectivity index (χ1n) is 5.81. The summed E-state index contributed by atoms with van der Waals surface area (Å²) in [5.74, 6) is -0.214. The minimum absolute atomic E-state index is 0.214. The van der Waals surface area contributed by atoms with Gasteiger partial charge in [0.25, 0.3) is 5.91 Å². The minimum Gasteiger partial charge on any atom is -0.267 e. The predicted molar refractivity (Wildman–Crippen MR) is 80.4 cm³/mol. The smallest absolute Gasteiger partial charge is 0.267 e. The first-order valence-corrected chi connectivity index (χ1v) is 6.60. The van der Waals surface area contributed by atoms with E-state index in [1.165, 1.54) is 0 Å². The summed E-state index contributed by atoms with van der Waals surface area (Å²) in [6.45, 7) is 1.98. The second-order valence-corrected chi connectivity index (χ2v) is 5.03. The number of nitrogens with zero attached hydrogens (tertiary/aromatic N) is 1. The molecule has 0 heterocycles. The van der Waals surface area contributed by atoms with Gasteiger partial charge in [-0.2, -0.15) is 5.10 Å². The molecule has 0 aliphatic rings. The number of benzene rings is 2. The van der Waals surface area contributed by atoms with Crippen molar-refractivity contribution in [2.24, 2.45) is 5.10 Å². The highest BCUT2D eigenvalue weighted by molar-refractivity contribution is 9.10. The van der Waals surface area contributed by atoms with Crippen LogP contribution in [0.2, 0.25) is 0 Å². The number of rotatable bonds is 3. The Morgan fingerprint density at radius 1 is 1.11 bits per heavy atom. The molecule has 0 saturated heterocycles. The average Bonchev–Trinajstić information content (AvgIpc) is 2.41. The number of amides is 1. The fourth-order valence-corrected chi connectivity index (χ4v) is 1.75. The molecule has 19 heavy (non-hydrogen) atoms. The summed E-state index contributed by atoms with van der Waals surface area (Å²) in [5.41, 5.74) is 5.14. The summed E-state index contributed by atoms with van der Waals surface area (Å²) in [5, 5.41) is 3.93. The maximum Gasteiger partial charge on any atom is 0.271 e. The van der Waals surface area contributed by atoms with Crippen LogP contribution >= 0.6 is 15.9 Å². The normalized spacial score (nSPS) is 10.6. The van der Waals surface area contributed by atoms with Gasteiger partial charge in [0.05, 0.1) is 6.21 Å². The Bertz CT molecular complexity index is 589. The van der Waals surface area contributed by atoms with Crippen molar-refractivity contribution in [1.82, 2.24) is 5.43 Å². The van der Waals surface area contributed by atoms with Gasteiger partial charge in [-0.3, -0.25) is 4.79 Å². The molecule has 2 rings (SSSR count). The van der Waals surface area contributed by atoms with E-state index in [4.69, 9.17) is 0 Å². The van der Waals surface area contributed by atoms with Crippen molar-refractivity contribution in [3.8, 4) is 0 Å². The lowest BCUT2D eigenvalue weighted by Gasteiger charge is -2.00. The fourth-order valence-electron chi connectivity index (χ4n) is 1.48. The monoisotopic (exact) mass is 316 g/mol. The zero-order valence-electron chi connectivity index (χ0n) is 10.4. The molecule has 0 aliphatic heterocycles. The van der Waals surface area contributed by atoms with E-state index in [0.717, 1.165) is 15.6 Å². The van der Waals surface area contributed by atoms with E-state index in [0.29, 0.717) is 5.56 Å². The summed E-state index contributed by atoms with van der Waals surface area (Å²) in [4.78, 5) is 11.8. The minimum atomic E-state index is -0.214. The molecule has 1 amide bonds. The van der Waals surface area contributed by atoms with E-state index < -0.39 is 0 Å². The van der Waals surface area contributed by atoms with Gasteiger partial charge >= 0.3 is 0 Å². The third-order valence-corrected chi connectivity index (χ3v) is 3.09. The van der Waals surface area contributed by atoms with Gasteiger partial charge in [0.1, 0.15) is 0 Å². The van der Waals surface area contributed by atoms with E-state index in [9.17, 15) is 4.79 Å². The van der Waals surface area contributed by atoms with Crippen molar-refractivity contribution in [2.75, 3.05) is 0 Å². The van der Waals surface area contributed by atoms with Gasteiger partial charge < -0.3 is 0 Å². The number of aryl methyl sites for hydroxylation is 1. The maximum absolute atomic E-state index is 11.8. The van der Waals surface area contributed by atoms with Gasteiger partial charge in [0, 0.05) is 10.0 Å². The Labute approximate surface area is 120 Å². The van der Waals surface area contributed by atoms with Gasteiger partial charge in [-0.05, 0) is 36.8 Å². The van der Waals surface area contributed by atoms with Crippen molar-refractivity contribution in [1.29, 1.82) is 0 Å². The van der Waals surface area contributed by atoms with Crippen LogP contribution in [0.15, 0.2) is 58.1 Å². The number of carbonyl (C=O) groups excluding carboxylic acids is 1. The summed E-state index contributed by atoms with van der Waals surface area (Å²) >= 11 is 3.36. The summed E-state index contributed by atoms with van der Waals surface area (Å²) < 4.78 is 1.01. The van der Waals surface area contributed by atoms with Crippen LogP contribution in [0.3, 0.4) is 0 Å². The second kappa shape index (κ2) is 6.29. The Kier molecular flexibility index (Phi) is 4.47. The van der Waals surface area contributed by atoms with Crippen molar-refractivity contribution in [3.05, 3.63) is 69.7 Å². The Balaban J connectivity index is 1.96. The van der Waals surface area contributed by atoms with Gasteiger partial charge in [0.15, 0.2) is 0 Å². The third-order valence-electron chi connectivity index (χ3n) is 2.56. The molecule has 0 unspecified atom stereocenters. The van der Waals surface area contributed by atoms with E-state index in [2.05, 4.69) is 26.5 Å². The van der Waals surface area contributed by atoms with Crippen LogP contribution in [-0.2, 0) is 0 Å². The maximum atomic E-state index is 11.8. The topological polar surface area (TPSA) is 41.5 Å². The van der Waals surface area contributed by atoms with Crippen LogP contribution < -0.4 is 5.43 Å². The molecule has 2 aromatic rings. The molecule has 0 atom stereocenters. The molecule has 0 aromatic heterocycles. The summed E-state index contributed by atoms with van der Waals surface area (Å²) in [6, 6.07) is 15.0. The molecule has 0 saturated carbocycles. The summed E-state index contributed by atoms with van der Waals surface area (Å²) in [7, 11) is 0. The number of hydrogen-bond acceptors (Lipinski definition) is 2. The SMILES string of the molecule is Cc1ccc(C(=O)NN=Cc2ccc(Br)cc2)cc1. The lowest BCUT2D eigenvalue weighted by molar-refractivity contribution is 0.0955. The molecule has 3 nitrogen and oxygen atoms in total. The molecule has 1 N–H and O–H groups in total. The van der Waals surface area contributed by atoms with Crippen LogP contribution in [0.1, 0.15) is 21.5 Å². The molecule has 0 bridgehead atoms. The van der Waals surface area contributed by atoms with Gasteiger partial charge in [0.2, 0.25) is 0 Å². The van der Waals surface area contributed by atoms with Crippen molar-refractivity contribution in [3.63, 3.8) is 0 Å². The Morgan fingerprint density at radius 2 is 1.74 bits per heavy atom. The van der Waals surface area contributed by atoms with Crippen molar-refractivity contribution >= 4 is 28.1 Å². The third kappa shape index (κ3) is 4.03. The molecule has 0 aliphatic carbocycles. The average molecular weight is 317 g/mol. The van der Waals surface area contributed by atoms with Crippen molar-refractivity contribution in [2.45, 2.75) is 6.92 Å². The lowest BCUT2D eigenvalue weighted by atomic mass is 10.1. The highest BCUT2D eigenvalue weighted by Crippen LogP contribution is 2.09. The van der Waals surface area contributed by atoms with Gasteiger partial charge in [-0.1, -0.05) is 45.8 Å². The molecule has 2 aromatic carbocycles. The molecule has 0 radical (unpaired) electrons. The van der Waals surface area contributed by atoms with Crippen LogP contribution in [0.25, 0.3) is 0 Å². The van der Waals surface area contributed by atoms with E-state index >= 15 is 0 Å². The van der Waals surface area contributed by atoms with Crippen LogP contribution in [0.4, 0.5) is 0 Å². The molecule has 0 spiro atoms. The Hall–Kier alpha value is -1.94. The molecule has 4 heteroatoms. The molecule has 0 fully saturated rings. The number of nitrogens with one attached hydrogen (secondary N) is 1. The van der Waals surface area contributed by atoms with Crippen LogP contribution in [-0.4, -0.2) is 12.1 Å². The fraction of sp³-hybridized carbons (Fsp3) is 0.0667. The predicted octanol–water partition coefficient (Wildman–Crippen LogP) is 3.52. The van der Waals surface area contributed by atoms with Gasteiger partial charge in [-0.25, -0.2) is 5.43 Å². The highest BCUT2D eigenvalue weighted by atomic mass is 79.9. The quantitative estimate of drug-likeness (QED) is 0.683. The molecular weight excluding hydrogens is 304 g/mol. The van der Waals surface area contributed by atoms with E-state index in [1.807, 2.05) is 43.3 Å². The number of halogens is 1. The Morgan fingerprint density at radius 3 is 2.37 bits per heavy atom. The van der Waals surface area contributed by atoms with Crippen LogP contribution in [0, 0.1) is 6.92 Å². The highest BCUT2D eigenvalue weighted by Gasteiger charge is 2.02. The standard InChI is InChI=1S/C15H13BrN2O/c1-11-2-6-13(7-3-11)15(19)18-17-10-12-4-8-14(16)9-5-12/h2-10H,1H3,(H,18,19). The zero-order valence-corrected chi connectivity index (χ0v) is 12.0. The first kappa shape index (κ1) is 13.5. The zero-order chi connectivity index (χ0) is 13.7. The van der Waals surface area contributed by atoms with Crippen LogP contribution in [0.5, 0.6) is 0 Å². The molecule has 96 valence electrons. The number of hydrogen-bond donors (Lipinski definition) is 1. The number of hydrazone groups is 1. The largest absolute Gasteiger partial charge is 0.271 e. The van der Waals surface area contributed by atoms with E-state index in [1.54, 1.807) is 18.3 Å².